The van der Waals surface area contributed by atoms with Crippen LogP contribution < -0.4 is 0 Å². The normalized spacial score (nSPS) is 16.4. The number of hydrogen-bond acceptors (Lipinski definition) is 2. The molecule has 0 amide bonds. The fraction of sp³-hybridized carbons (Fsp3) is 0.875. The van der Waals surface area contributed by atoms with Crippen molar-refractivity contribution in [2.24, 2.45) is 11.8 Å². The lowest BCUT2D eigenvalue weighted by atomic mass is 9.90. The van der Waals surface area contributed by atoms with Crippen molar-refractivity contribution in [1.29, 1.82) is 5.26 Å². The van der Waals surface area contributed by atoms with Crippen molar-refractivity contribution < 1.29 is 5.11 Å². The zero-order valence-electron chi connectivity index (χ0n) is 6.83. The lowest BCUT2D eigenvalue weighted by Gasteiger charge is -2.17. The molecule has 0 radical (unpaired) electrons. The Balaban J connectivity index is 3.96. The summed E-state index contributed by atoms with van der Waals surface area (Å²) in [4.78, 5) is 0. The maximum Gasteiger partial charge on any atom is 0.0745 e. The Morgan fingerprint density at radius 2 is 2.00 bits per heavy atom. The predicted octanol–water partition coefficient (Wildman–Crippen LogP) is 1.55. The van der Waals surface area contributed by atoms with Gasteiger partial charge < -0.3 is 5.11 Å². The van der Waals surface area contributed by atoms with Crippen molar-refractivity contribution in [2.75, 3.05) is 0 Å². The van der Waals surface area contributed by atoms with E-state index in [1.54, 1.807) is 0 Å². The van der Waals surface area contributed by atoms with Crippen LogP contribution in [0.2, 0.25) is 0 Å². The molecule has 2 nitrogen and oxygen atoms in total. The molecule has 0 aliphatic carbocycles. The lowest BCUT2D eigenvalue weighted by molar-refractivity contribution is 0.107. The second-order valence-electron chi connectivity index (χ2n) is 2.87. The minimum Gasteiger partial charge on any atom is -0.392 e. The number of aliphatic hydroxyl groups excluding tert-OH is 1. The summed E-state index contributed by atoms with van der Waals surface area (Å²) in [7, 11) is 0. The van der Waals surface area contributed by atoms with Gasteiger partial charge in [-0.25, -0.2) is 0 Å². The molecule has 2 heteroatoms. The predicted molar refractivity (Wildman–Crippen MR) is 40.2 cm³/mol. The molecule has 0 saturated heterocycles. The molecule has 1 N–H and O–H groups in total. The molecule has 58 valence electrons. The van der Waals surface area contributed by atoms with Gasteiger partial charge in [0.05, 0.1) is 18.1 Å². The molecule has 0 spiro atoms. The van der Waals surface area contributed by atoms with E-state index in [1.165, 1.54) is 0 Å². The van der Waals surface area contributed by atoms with Crippen LogP contribution in [0.5, 0.6) is 0 Å². The molecule has 0 bridgehead atoms. The van der Waals surface area contributed by atoms with Crippen molar-refractivity contribution in [3.8, 4) is 6.07 Å². The molecule has 0 aromatic rings. The van der Waals surface area contributed by atoms with Gasteiger partial charge in [0.15, 0.2) is 0 Å². The van der Waals surface area contributed by atoms with E-state index in [0.29, 0.717) is 6.42 Å². The zero-order chi connectivity index (χ0) is 8.15. The highest BCUT2D eigenvalue weighted by molar-refractivity contribution is 4.89. The van der Waals surface area contributed by atoms with Crippen LogP contribution in [0.3, 0.4) is 0 Å². The van der Waals surface area contributed by atoms with Crippen molar-refractivity contribution >= 4 is 0 Å². The average Bonchev–Trinajstić information content (AvgIpc) is 1.88. The van der Waals surface area contributed by atoms with E-state index in [4.69, 9.17) is 5.26 Å². The Bertz CT molecular complexity index is 126. The van der Waals surface area contributed by atoms with E-state index < -0.39 is 6.10 Å². The van der Waals surface area contributed by atoms with Crippen LogP contribution in [-0.2, 0) is 0 Å². The van der Waals surface area contributed by atoms with E-state index in [-0.39, 0.29) is 11.8 Å². The molecule has 0 aliphatic rings. The Labute approximate surface area is 62.5 Å². The fourth-order valence-corrected chi connectivity index (χ4v) is 0.933. The van der Waals surface area contributed by atoms with Crippen LogP contribution in [0.25, 0.3) is 0 Å². The SMILES string of the molecule is CCC(O)C(C#N)C(C)C. The van der Waals surface area contributed by atoms with Crippen molar-refractivity contribution in [3.63, 3.8) is 0 Å². The summed E-state index contributed by atoms with van der Waals surface area (Å²) in [6.07, 6.45) is 0.209. The third-order valence-electron chi connectivity index (χ3n) is 1.70. The van der Waals surface area contributed by atoms with Crippen LogP contribution >= 0.6 is 0 Å². The quantitative estimate of drug-likeness (QED) is 0.648. The molecule has 0 fully saturated rings. The van der Waals surface area contributed by atoms with Crippen LogP contribution in [-0.4, -0.2) is 11.2 Å². The molecule has 10 heavy (non-hydrogen) atoms. The Hall–Kier alpha value is -0.550. The van der Waals surface area contributed by atoms with Crippen molar-refractivity contribution in [2.45, 2.75) is 33.3 Å². The summed E-state index contributed by atoms with van der Waals surface area (Å²) in [5.41, 5.74) is 0. The summed E-state index contributed by atoms with van der Waals surface area (Å²) in [5, 5.41) is 17.9. The third-order valence-corrected chi connectivity index (χ3v) is 1.70. The standard InChI is InChI=1S/C8H15NO/c1-4-8(10)7(5-9)6(2)3/h6-8,10H,4H2,1-3H3. The maximum absolute atomic E-state index is 9.27. The molecule has 0 heterocycles. The molecule has 0 saturated carbocycles. The van der Waals surface area contributed by atoms with Crippen LogP contribution in [0, 0.1) is 23.2 Å². The van der Waals surface area contributed by atoms with E-state index in [2.05, 4.69) is 6.07 Å². The highest BCUT2D eigenvalue weighted by atomic mass is 16.3. The molecule has 0 aromatic carbocycles. The summed E-state index contributed by atoms with van der Waals surface area (Å²) in [5.74, 6) is 0.0462. The monoisotopic (exact) mass is 141 g/mol. The highest BCUT2D eigenvalue weighted by Gasteiger charge is 2.19. The second kappa shape index (κ2) is 4.29. The number of nitrogens with zero attached hydrogens (tertiary/aromatic N) is 1. The first-order valence-electron chi connectivity index (χ1n) is 3.71. The molecule has 2 atom stereocenters. The minimum absolute atomic E-state index is 0.204. The molecular weight excluding hydrogens is 126 g/mol. The summed E-state index contributed by atoms with van der Waals surface area (Å²) in [6, 6.07) is 2.10. The van der Waals surface area contributed by atoms with E-state index in [1.807, 2.05) is 20.8 Å². The molecule has 0 aliphatic heterocycles. The Morgan fingerprint density at radius 3 is 2.10 bits per heavy atom. The van der Waals surface area contributed by atoms with Gasteiger partial charge in [-0.1, -0.05) is 20.8 Å². The third kappa shape index (κ3) is 2.36. The van der Waals surface area contributed by atoms with Crippen molar-refractivity contribution in [1.82, 2.24) is 0 Å². The zero-order valence-corrected chi connectivity index (χ0v) is 6.83. The van der Waals surface area contributed by atoms with E-state index in [9.17, 15) is 5.11 Å². The Kier molecular flexibility index (Phi) is 4.06. The van der Waals surface area contributed by atoms with Gasteiger partial charge in [0, 0.05) is 0 Å². The van der Waals surface area contributed by atoms with Crippen molar-refractivity contribution in [3.05, 3.63) is 0 Å². The van der Waals surface area contributed by atoms with Crippen LogP contribution in [0.4, 0.5) is 0 Å². The summed E-state index contributed by atoms with van der Waals surface area (Å²) < 4.78 is 0. The summed E-state index contributed by atoms with van der Waals surface area (Å²) in [6.45, 7) is 5.79. The second-order valence-corrected chi connectivity index (χ2v) is 2.87. The number of rotatable bonds is 3. The molecule has 0 rings (SSSR count). The largest absolute Gasteiger partial charge is 0.392 e. The van der Waals surface area contributed by atoms with Gasteiger partial charge in [-0.15, -0.1) is 0 Å². The van der Waals surface area contributed by atoms with Gasteiger partial charge in [-0.2, -0.15) is 5.26 Å². The molecule has 2 unspecified atom stereocenters. The number of nitriles is 1. The first kappa shape index (κ1) is 9.45. The molecular formula is C8H15NO. The maximum atomic E-state index is 9.27. The smallest absolute Gasteiger partial charge is 0.0745 e. The topological polar surface area (TPSA) is 44.0 Å². The number of hydrogen-bond donors (Lipinski definition) is 1. The minimum atomic E-state index is -0.454. The summed E-state index contributed by atoms with van der Waals surface area (Å²) >= 11 is 0. The van der Waals surface area contributed by atoms with Gasteiger partial charge >= 0.3 is 0 Å². The van der Waals surface area contributed by atoms with Gasteiger partial charge in [0.2, 0.25) is 0 Å². The first-order valence-corrected chi connectivity index (χ1v) is 3.71. The fourth-order valence-electron chi connectivity index (χ4n) is 0.933. The van der Waals surface area contributed by atoms with Gasteiger partial charge in [-0.05, 0) is 12.3 Å². The van der Waals surface area contributed by atoms with Gasteiger partial charge in [0.25, 0.3) is 0 Å². The van der Waals surface area contributed by atoms with E-state index in [0.717, 1.165) is 0 Å². The van der Waals surface area contributed by atoms with Crippen LogP contribution in [0.15, 0.2) is 0 Å². The lowest BCUT2D eigenvalue weighted by Crippen LogP contribution is -2.22. The van der Waals surface area contributed by atoms with Gasteiger partial charge in [-0.3, -0.25) is 0 Å². The van der Waals surface area contributed by atoms with Crippen LogP contribution in [0.1, 0.15) is 27.2 Å². The average molecular weight is 141 g/mol. The number of aliphatic hydroxyl groups is 1. The first-order chi connectivity index (χ1) is 4.63. The van der Waals surface area contributed by atoms with Gasteiger partial charge in [0.1, 0.15) is 0 Å². The Morgan fingerprint density at radius 1 is 1.50 bits per heavy atom. The van der Waals surface area contributed by atoms with E-state index >= 15 is 0 Å². The molecule has 0 aromatic heterocycles. The highest BCUT2D eigenvalue weighted by Crippen LogP contribution is 2.15.